The predicted octanol–water partition coefficient (Wildman–Crippen LogP) is 2.47. The number of nitrogens with one attached hydrogen (secondary N) is 1. The summed E-state index contributed by atoms with van der Waals surface area (Å²) >= 11 is 2.15. The number of carbonyl (C=O) groups is 2. The van der Waals surface area contributed by atoms with Gasteiger partial charge in [-0.15, -0.1) is 0 Å². The van der Waals surface area contributed by atoms with E-state index in [1.54, 1.807) is 6.07 Å². The third kappa shape index (κ3) is 4.67. The van der Waals surface area contributed by atoms with Crippen LogP contribution in [0.3, 0.4) is 0 Å². The van der Waals surface area contributed by atoms with Gasteiger partial charge in [-0.05, 0) is 66.5 Å². The summed E-state index contributed by atoms with van der Waals surface area (Å²) in [6, 6.07) is 7.31. The SMILES string of the molecule is O=C(COC(=O)C1(O)CCCCC1)Nc1cccc(I)c1. The number of rotatable bonds is 4. The molecule has 0 bridgehead atoms. The van der Waals surface area contributed by atoms with Crippen LogP contribution in [0.5, 0.6) is 0 Å². The lowest BCUT2D eigenvalue weighted by Gasteiger charge is -2.29. The second-order valence-corrected chi connectivity index (χ2v) is 6.47. The van der Waals surface area contributed by atoms with Gasteiger partial charge in [0, 0.05) is 9.26 Å². The van der Waals surface area contributed by atoms with Crippen molar-refractivity contribution in [3.8, 4) is 0 Å². The second-order valence-electron chi connectivity index (χ2n) is 5.23. The molecule has 2 rings (SSSR count). The average Bonchev–Trinajstić information content (AvgIpc) is 2.45. The van der Waals surface area contributed by atoms with Gasteiger partial charge in [0.2, 0.25) is 0 Å². The van der Waals surface area contributed by atoms with Crippen LogP contribution in [0.15, 0.2) is 24.3 Å². The van der Waals surface area contributed by atoms with E-state index < -0.39 is 17.5 Å². The van der Waals surface area contributed by atoms with E-state index >= 15 is 0 Å². The summed E-state index contributed by atoms with van der Waals surface area (Å²) in [6.45, 7) is -0.382. The van der Waals surface area contributed by atoms with Crippen molar-refractivity contribution in [1.82, 2.24) is 0 Å². The number of halogens is 1. The van der Waals surface area contributed by atoms with E-state index in [4.69, 9.17) is 4.74 Å². The fourth-order valence-corrected chi connectivity index (χ4v) is 2.91. The van der Waals surface area contributed by atoms with E-state index in [1.165, 1.54) is 0 Å². The summed E-state index contributed by atoms with van der Waals surface area (Å²) < 4.78 is 5.94. The second kappa shape index (κ2) is 7.22. The summed E-state index contributed by atoms with van der Waals surface area (Å²) in [5, 5.41) is 12.8. The lowest BCUT2D eigenvalue weighted by atomic mass is 9.85. The number of anilines is 1. The summed E-state index contributed by atoms with van der Waals surface area (Å²) in [5.41, 5.74) is -0.764. The molecule has 2 N–H and O–H groups in total. The first-order valence-corrected chi connectivity index (χ1v) is 8.02. The molecule has 21 heavy (non-hydrogen) atoms. The molecule has 1 aromatic rings. The maximum Gasteiger partial charge on any atom is 0.338 e. The fourth-order valence-electron chi connectivity index (χ4n) is 2.37. The Balaban J connectivity index is 1.82. The van der Waals surface area contributed by atoms with Crippen LogP contribution >= 0.6 is 22.6 Å². The Labute approximate surface area is 137 Å². The van der Waals surface area contributed by atoms with E-state index in [-0.39, 0.29) is 6.61 Å². The van der Waals surface area contributed by atoms with Gasteiger partial charge in [-0.1, -0.05) is 12.5 Å². The predicted molar refractivity (Wildman–Crippen MR) is 86.8 cm³/mol. The molecule has 0 saturated heterocycles. The molecule has 0 atom stereocenters. The first kappa shape index (κ1) is 16.2. The Bertz CT molecular complexity index is 526. The summed E-state index contributed by atoms with van der Waals surface area (Å²) in [7, 11) is 0. The lowest BCUT2D eigenvalue weighted by molar-refractivity contribution is -0.170. The summed E-state index contributed by atoms with van der Waals surface area (Å²) in [6.07, 6.45) is 3.44. The maximum atomic E-state index is 11.9. The highest BCUT2D eigenvalue weighted by atomic mass is 127. The molecule has 0 radical (unpaired) electrons. The Hall–Kier alpha value is -1.15. The van der Waals surface area contributed by atoms with Crippen molar-refractivity contribution < 1.29 is 19.4 Å². The van der Waals surface area contributed by atoms with Crippen molar-refractivity contribution in [2.45, 2.75) is 37.7 Å². The van der Waals surface area contributed by atoms with Crippen LogP contribution in [0.25, 0.3) is 0 Å². The number of hydrogen-bond donors (Lipinski definition) is 2. The van der Waals surface area contributed by atoms with Crippen LogP contribution in [0, 0.1) is 3.57 Å². The van der Waals surface area contributed by atoms with E-state index in [2.05, 4.69) is 27.9 Å². The minimum atomic E-state index is -1.42. The molecule has 1 aromatic carbocycles. The van der Waals surface area contributed by atoms with Crippen LogP contribution in [0.2, 0.25) is 0 Å². The number of carbonyl (C=O) groups excluding carboxylic acids is 2. The summed E-state index contributed by atoms with van der Waals surface area (Å²) in [4.78, 5) is 23.6. The smallest absolute Gasteiger partial charge is 0.338 e. The molecule has 6 heteroatoms. The average molecular weight is 403 g/mol. The van der Waals surface area contributed by atoms with E-state index in [9.17, 15) is 14.7 Å². The van der Waals surface area contributed by atoms with E-state index in [1.807, 2.05) is 18.2 Å². The first-order chi connectivity index (χ1) is 9.99. The lowest BCUT2D eigenvalue weighted by Crippen LogP contribution is -2.42. The zero-order valence-corrected chi connectivity index (χ0v) is 13.8. The third-order valence-electron chi connectivity index (χ3n) is 3.50. The molecule has 5 nitrogen and oxygen atoms in total. The number of benzene rings is 1. The minimum absolute atomic E-state index is 0.382. The monoisotopic (exact) mass is 403 g/mol. The molecule has 1 saturated carbocycles. The van der Waals surface area contributed by atoms with Crippen molar-refractivity contribution >= 4 is 40.2 Å². The van der Waals surface area contributed by atoms with E-state index in [0.717, 1.165) is 22.8 Å². The zero-order chi connectivity index (χ0) is 15.3. The van der Waals surface area contributed by atoms with Crippen molar-refractivity contribution in [1.29, 1.82) is 0 Å². The van der Waals surface area contributed by atoms with Crippen LogP contribution in [0.4, 0.5) is 5.69 Å². The molecule has 1 aliphatic rings. The van der Waals surface area contributed by atoms with Gasteiger partial charge in [-0.3, -0.25) is 4.79 Å². The van der Waals surface area contributed by atoms with Crippen LogP contribution in [0.1, 0.15) is 32.1 Å². The van der Waals surface area contributed by atoms with Crippen molar-refractivity contribution in [2.75, 3.05) is 11.9 Å². The van der Waals surface area contributed by atoms with Crippen LogP contribution in [-0.2, 0) is 14.3 Å². The maximum absolute atomic E-state index is 11.9. The largest absolute Gasteiger partial charge is 0.453 e. The quantitative estimate of drug-likeness (QED) is 0.599. The third-order valence-corrected chi connectivity index (χ3v) is 4.17. The highest BCUT2D eigenvalue weighted by molar-refractivity contribution is 14.1. The Morgan fingerprint density at radius 2 is 2.00 bits per heavy atom. The van der Waals surface area contributed by atoms with Gasteiger partial charge >= 0.3 is 5.97 Å². The highest BCUT2D eigenvalue weighted by Crippen LogP contribution is 2.29. The standard InChI is InChI=1S/C15H18INO4/c16-11-5-4-6-12(9-11)17-13(18)10-21-14(19)15(20)7-2-1-3-8-15/h4-6,9,20H,1-3,7-8,10H2,(H,17,18). The van der Waals surface area contributed by atoms with Crippen molar-refractivity contribution in [3.63, 3.8) is 0 Å². The Morgan fingerprint density at radius 3 is 2.67 bits per heavy atom. The molecule has 114 valence electrons. The van der Waals surface area contributed by atoms with Crippen molar-refractivity contribution in [2.24, 2.45) is 0 Å². The first-order valence-electron chi connectivity index (χ1n) is 6.95. The minimum Gasteiger partial charge on any atom is -0.453 e. The number of hydrogen-bond acceptors (Lipinski definition) is 4. The Morgan fingerprint density at radius 1 is 1.29 bits per heavy atom. The molecule has 1 amide bonds. The molecule has 0 spiro atoms. The van der Waals surface area contributed by atoms with Gasteiger partial charge in [0.1, 0.15) is 0 Å². The molecule has 0 aromatic heterocycles. The number of amides is 1. The number of ether oxygens (including phenoxy) is 1. The van der Waals surface area contributed by atoms with Crippen LogP contribution < -0.4 is 5.32 Å². The molecule has 1 fully saturated rings. The van der Waals surface area contributed by atoms with Gasteiger partial charge in [0.15, 0.2) is 12.2 Å². The van der Waals surface area contributed by atoms with Gasteiger partial charge in [-0.25, -0.2) is 4.79 Å². The Kier molecular flexibility index (Phi) is 5.58. The zero-order valence-electron chi connectivity index (χ0n) is 11.6. The van der Waals surface area contributed by atoms with E-state index in [0.29, 0.717) is 18.5 Å². The summed E-state index contributed by atoms with van der Waals surface area (Å²) in [5.74, 6) is -1.11. The van der Waals surface area contributed by atoms with Gasteiger partial charge in [0.05, 0.1) is 0 Å². The van der Waals surface area contributed by atoms with Gasteiger partial charge in [0.25, 0.3) is 5.91 Å². The molecule has 0 unspecified atom stereocenters. The molecule has 0 aliphatic heterocycles. The van der Waals surface area contributed by atoms with Gasteiger partial charge in [-0.2, -0.15) is 0 Å². The highest BCUT2D eigenvalue weighted by Gasteiger charge is 2.38. The molecular formula is C15H18INO4. The van der Waals surface area contributed by atoms with Gasteiger partial charge < -0.3 is 15.2 Å². The topological polar surface area (TPSA) is 75.6 Å². The molecule has 0 heterocycles. The number of aliphatic hydroxyl groups is 1. The van der Waals surface area contributed by atoms with Crippen molar-refractivity contribution in [3.05, 3.63) is 27.8 Å². The number of esters is 1. The molecular weight excluding hydrogens is 385 g/mol. The van der Waals surface area contributed by atoms with Crippen LogP contribution in [-0.4, -0.2) is 29.2 Å². The molecule has 1 aliphatic carbocycles. The normalized spacial score (nSPS) is 17.0. The fraction of sp³-hybridized carbons (Fsp3) is 0.467.